The number of carbonyl (C=O) groups is 2. The van der Waals surface area contributed by atoms with Gasteiger partial charge in [-0.25, -0.2) is 0 Å². The number of methoxy groups -OCH3 is 1. The molecule has 8 heteroatoms. The summed E-state index contributed by atoms with van der Waals surface area (Å²) in [6.45, 7) is 5.05. The third-order valence-corrected chi connectivity index (χ3v) is 5.86. The lowest BCUT2D eigenvalue weighted by Gasteiger charge is -2.28. The molecule has 0 aliphatic carbocycles. The van der Waals surface area contributed by atoms with E-state index in [2.05, 4.69) is 0 Å². The second-order valence-corrected chi connectivity index (χ2v) is 8.63. The van der Waals surface area contributed by atoms with Crippen LogP contribution in [0.2, 0.25) is 0 Å². The molecule has 1 atom stereocenters. The maximum atomic E-state index is 13.6. The van der Waals surface area contributed by atoms with Crippen molar-refractivity contribution in [3.63, 3.8) is 0 Å². The normalized spacial score (nSPS) is 17.5. The average molecular weight is 469 g/mol. The summed E-state index contributed by atoms with van der Waals surface area (Å²) >= 11 is 0. The SMILES string of the molecule is CCOc1cc(C2/C(=C(\[O-])c3ccc(OC)c(C)c3)C(=O)C(=O)N2CCC[NH+](C)C)ccc1O. The summed E-state index contributed by atoms with van der Waals surface area (Å²) in [7, 11) is 5.56. The molecular weight excluding hydrogens is 436 g/mol. The third kappa shape index (κ3) is 5.02. The molecule has 34 heavy (non-hydrogen) atoms. The van der Waals surface area contributed by atoms with E-state index >= 15 is 0 Å². The van der Waals surface area contributed by atoms with Gasteiger partial charge in [0.05, 0.1) is 40.4 Å². The van der Waals surface area contributed by atoms with E-state index in [1.54, 1.807) is 44.4 Å². The highest BCUT2D eigenvalue weighted by Crippen LogP contribution is 2.41. The van der Waals surface area contributed by atoms with E-state index in [0.29, 0.717) is 36.4 Å². The van der Waals surface area contributed by atoms with E-state index < -0.39 is 23.5 Å². The fourth-order valence-electron chi connectivity index (χ4n) is 4.20. The second kappa shape index (κ2) is 10.6. The molecule has 1 saturated heterocycles. The van der Waals surface area contributed by atoms with Gasteiger partial charge in [0.25, 0.3) is 5.91 Å². The van der Waals surface area contributed by atoms with Crippen molar-refractivity contribution < 1.29 is 34.2 Å². The van der Waals surface area contributed by atoms with Crippen molar-refractivity contribution in [1.29, 1.82) is 0 Å². The first kappa shape index (κ1) is 25.1. The summed E-state index contributed by atoms with van der Waals surface area (Å²) in [5.74, 6) is -1.19. The van der Waals surface area contributed by atoms with Crippen molar-refractivity contribution in [3.8, 4) is 17.2 Å². The van der Waals surface area contributed by atoms with Crippen LogP contribution in [0.1, 0.15) is 36.1 Å². The lowest BCUT2D eigenvalue weighted by molar-refractivity contribution is -0.858. The fourth-order valence-corrected chi connectivity index (χ4v) is 4.20. The van der Waals surface area contributed by atoms with Gasteiger partial charge in [0, 0.05) is 18.5 Å². The molecule has 1 fully saturated rings. The first-order valence-corrected chi connectivity index (χ1v) is 11.4. The number of aromatic hydroxyl groups is 1. The van der Waals surface area contributed by atoms with Crippen LogP contribution >= 0.6 is 0 Å². The standard InChI is InChI=1S/C26H32N2O6/c1-6-34-21-15-17(8-10-19(21)29)23-22(24(30)18-9-11-20(33-5)16(2)14-18)25(31)26(32)28(23)13-7-12-27(3)4/h8-11,14-15,23,29-30H,6-7,12-13H2,1-5H3/b24-22+. The molecule has 2 N–H and O–H groups in total. The zero-order valence-corrected chi connectivity index (χ0v) is 20.3. The molecular formula is C26H32N2O6. The van der Waals surface area contributed by atoms with Crippen LogP contribution in [0.15, 0.2) is 42.0 Å². The Morgan fingerprint density at radius 3 is 2.50 bits per heavy atom. The van der Waals surface area contributed by atoms with Crippen LogP contribution < -0.4 is 19.5 Å². The Bertz CT molecular complexity index is 1110. The molecule has 0 bridgehead atoms. The predicted molar refractivity (Wildman–Crippen MR) is 126 cm³/mol. The van der Waals surface area contributed by atoms with E-state index in [1.807, 2.05) is 21.0 Å². The van der Waals surface area contributed by atoms with Gasteiger partial charge in [-0.3, -0.25) is 9.59 Å². The second-order valence-electron chi connectivity index (χ2n) is 8.63. The van der Waals surface area contributed by atoms with Crippen LogP contribution in [0, 0.1) is 6.92 Å². The number of aryl methyl sites for hydroxylation is 1. The number of Topliss-reactive ketones (excluding diaryl/α,β-unsaturated/α-hetero) is 1. The van der Waals surface area contributed by atoms with Gasteiger partial charge in [0.15, 0.2) is 11.5 Å². The van der Waals surface area contributed by atoms with Gasteiger partial charge >= 0.3 is 0 Å². The highest BCUT2D eigenvalue weighted by Gasteiger charge is 2.44. The van der Waals surface area contributed by atoms with Gasteiger partial charge in [-0.05, 0) is 54.8 Å². The van der Waals surface area contributed by atoms with Crippen molar-refractivity contribution in [3.05, 3.63) is 58.7 Å². The molecule has 0 spiro atoms. The van der Waals surface area contributed by atoms with Crippen molar-refractivity contribution in [1.82, 2.24) is 4.90 Å². The summed E-state index contributed by atoms with van der Waals surface area (Å²) < 4.78 is 10.8. The highest BCUT2D eigenvalue weighted by atomic mass is 16.5. The number of ether oxygens (including phenoxy) is 2. The Kier molecular flexibility index (Phi) is 7.83. The Labute approximate surface area is 200 Å². The van der Waals surface area contributed by atoms with Gasteiger partial charge in [0.2, 0.25) is 5.78 Å². The van der Waals surface area contributed by atoms with E-state index in [9.17, 15) is 19.8 Å². The zero-order valence-electron chi connectivity index (χ0n) is 20.3. The van der Waals surface area contributed by atoms with Crippen LogP contribution in [0.25, 0.3) is 5.76 Å². The molecule has 182 valence electrons. The average Bonchev–Trinajstić information content (AvgIpc) is 3.05. The van der Waals surface area contributed by atoms with Crippen molar-refractivity contribution >= 4 is 17.4 Å². The minimum atomic E-state index is -0.869. The number of carbonyl (C=O) groups excluding carboxylic acids is 2. The van der Waals surface area contributed by atoms with Gasteiger partial charge < -0.3 is 29.5 Å². The molecule has 1 unspecified atom stereocenters. The summed E-state index contributed by atoms with van der Waals surface area (Å²) in [5.41, 5.74) is 1.49. The minimum Gasteiger partial charge on any atom is -0.872 e. The number of rotatable bonds is 9. The maximum Gasteiger partial charge on any atom is 0.295 e. The summed E-state index contributed by atoms with van der Waals surface area (Å²) in [5, 5.41) is 23.7. The molecule has 1 heterocycles. The number of quaternary nitrogens is 1. The van der Waals surface area contributed by atoms with E-state index in [-0.39, 0.29) is 17.1 Å². The Morgan fingerprint density at radius 2 is 1.88 bits per heavy atom. The Morgan fingerprint density at radius 1 is 1.15 bits per heavy atom. The van der Waals surface area contributed by atoms with Crippen molar-refractivity contribution in [2.24, 2.45) is 0 Å². The first-order valence-electron chi connectivity index (χ1n) is 11.4. The molecule has 0 radical (unpaired) electrons. The number of hydrogen-bond acceptors (Lipinski definition) is 6. The topological polar surface area (TPSA) is 104 Å². The van der Waals surface area contributed by atoms with Gasteiger partial charge in [-0.1, -0.05) is 17.9 Å². The minimum absolute atomic E-state index is 0.0531. The summed E-state index contributed by atoms with van der Waals surface area (Å²) in [4.78, 5) is 28.9. The number of likely N-dealkylation sites (tertiary alicyclic amines) is 1. The van der Waals surface area contributed by atoms with Crippen molar-refractivity contribution in [2.75, 3.05) is 40.9 Å². The molecule has 8 nitrogen and oxygen atoms in total. The lowest BCUT2D eigenvalue weighted by atomic mass is 9.94. The molecule has 1 aliphatic heterocycles. The highest BCUT2D eigenvalue weighted by molar-refractivity contribution is 6.46. The Hall–Kier alpha value is -3.52. The number of phenols is 1. The molecule has 3 rings (SSSR count). The van der Waals surface area contributed by atoms with Gasteiger partial charge in [0.1, 0.15) is 5.75 Å². The third-order valence-electron chi connectivity index (χ3n) is 5.86. The number of benzene rings is 2. The number of phenolic OH excluding ortho intramolecular Hbond substituents is 1. The van der Waals surface area contributed by atoms with Crippen LogP contribution in [-0.2, 0) is 9.59 Å². The molecule has 0 saturated carbocycles. The lowest BCUT2D eigenvalue weighted by Crippen LogP contribution is -3.05. The monoisotopic (exact) mass is 468 g/mol. The zero-order chi connectivity index (χ0) is 25.0. The number of hydrogen-bond donors (Lipinski definition) is 2. The quantitative estimate of drug-likeness (QED) is 0.322. The fraction of sp³-hybridized carbons (Fsp3) is 0.385. The number of amides is 1. The Balaban J connectivity index is 2.15. The molecule has 2 aromatic rings. The van der Waals surface area contributed by atoms with Gasteiger partial charge in [-0.15, -0.1) is 0 Å². The molecule has 0 aromatic heterocycles. The molecule has 1 amide bonds. The number of ketones is 1. The maximum absolute atomic E-state index is 13.6. The number of nitrogens with zero attached hydrogens (tertiary/aromatic N) is 1. The first-order chi connectivity index (χ1) is 16.2. The molecule has 1 aliphatic rings. The van der Waals surface area contributed by atoms with E-state index in [0.717, 1.165) is 12.1 Å². The van der Waals surface area contributed by atoms with E-state index in [4.69, 9.17) is 9.47 Å². The summed E-state index contributed by atoms with van der Waals surface area (Å²) in [6, 6.07) is 8.71. The largest absolute Gasteiger partial charge is 0.872 e. The predicted octanol–water partition coefficient (Wildman–Crippen LogP) is 0.867. The van der Waals surface area contributed by atoms with Crippen LogP contribution in [0.4, 0.5) is 0 Å². The van der Waals surface area contributed by atoms with Crippen LogP contribution in [0.5, 0.6) is 17.2 Å². The van der Waals surface area contributed by atoms with Crippen LogP contribution in [-0.4, -0.2) is 62.6 Å². The smallest absolute Gasteiger partial charge is 0.295 e. The van der Waals surface area contributed by atoms with Crippen molar-refractivity contribution in [2.45, 2.75) is 26.3 Å². The number of nitrogens with one attached hydrogen (secondary N) is 1. The van der Waals surface area contributed by atoms with E-state index in [1.165, 1.54) is 15.9 Å². The van der Waals surface area contributed by atoms with Gasteiger partial charge in [-0.2, -0.15) is 0 Å². The summed E-state index contributed by atoms with van der Waals surface area (Å²) in [6.07, 6.45) is 0.664. The molecule has 2 aromatic carbocycles. The van der Waals surface area contributed by atoms with Crippen LogP contribution in [0.3, 0.4) is 0 Å².